The predicted octanol–water partition coefficient (Wildman–Crippen LogP) is 1.12. The molecule has 1 aliphatic rings. The van der Waals surface area contributed by atoms with E-state index < -0.39 is 10.0 Å². The maximum Gasteiger partial charge on any atom is 0.234 e. The summed E-state index contributed by atoms with van der Waals surface area (Å²) in [4.78, 5) is 12.9. The van der Waals surface area contributed by atoms with Crippen LogP contribution in [0.1, 0.15) is 17.5 Å². The molecule has 5 nitrogen and oxygen atoms in total. The van der Waals surface area contributed by atoms with E-state index in [1.807, 2.05) is 31.2 Å². The highest BCUT2D eigenvalue weighted by molar-refractivity contribution is 7.92. The number of likely N-dealkylation sites (tertiary alicyclic amines) is 1. The summed E-state index contributed by atoms with van der Waals surface area (Å²) in [5, 5.41) is 1.14. The summed E-state index contributed by atoms with van der Waals surface area (Å²) in [5.74, 6) is -0.0415. The Morgan fingerprint density at radius 1 is 1.30 bits per heavy atom. The van der Waals surface area contributed by atoms with Gasteiger partial charge in [0.2, 0.25) is 15.9 Å². The van der Waals surface area contributed by atoms with Gasteiger partial charge < -0.3 is 4.90 Å². The third kappa shape index (κ3) is 3.91. The van der Waals surface area contributed by atoms with E-state index in [0.717, 1.165) is 16.5 Å². The van der Waals surface area contributed by atoms with Gasteiger partial charge in [-0.3, -0.25) is 4.79 Å². The molecule has 0 radical (unpaired) electrons. The molecule has 1 saturated heterocycles. The van der Waals surface area contributed by atoms with Crippen LogP contribution in [0.15, 0.2) is 29.7 Å². The third-order valence-electron chi connectivity index (χ3n) is 3.19. The minimum atomic E-state index is -3.53. The number of hydrogen-bond donors (Lipinski definition) is 1. The fourth-order valence-electron chi connectivity index (χ4n) is 2.06. The molecule has 0 bridgehead atoms. The lowest BCUT2D eigenvalue weighted by Crippen LogP contribution is -2.35. The van der Waals surface area contributed by atoms with Crippen molar-refractivity contribution in [1.82, 2.24) is 9.62 Å². The Kier molecular flexibility index (Phi) is 4.25. The van der Waals surface area contributed by atoms with Crippen molar-refractivity contribution >= 4 is 22.0 Å². The van der Waals surface area contributed by atoms with Crippen molar-refractivity contribution < 1.29 is 13.2 Å². The van der Waals surface area contributed by atoms with E-state index in [2.05, 4.69) is 4.72 Å². The summed E-state index contributed by atoms with van der Waals surface area (Å²) in [6, 6.07) is 7.21. The van der Waals surface area contributed by atoms with Crippen LogP contribution in [0.2, 0.25) is 0 Å². The Morgan fingerprint density at radius 3 is 2.50 bits per heavy atom. The number of hydrogen-bond acceptors (Lipinski definition) is 3. The molecule has 0 aliphatic carbocycles. The van der Waals surface area contributed by atoms with Crippen LogP contribution in [0, 0.1) is 6.92 Å². The molecule has 0 saturated carbocycles. The van der Waals surface area contributed by atoms with Gasteiger partial charge in [0.25, 0.3) is 0 Å². The van der Waals surface area contributed by atoms with Gasteiger partial charge in [0.15, 0.2) is 0 Å². The molecular formula is C14H18N2O3S. The zero-order chi connectivity index (χ0) is 14.8. The van der Waals surface area contributed by atoms with Crippen molar-refractivity contribution in [2.24, 2.45) is 0 Å². The quantitative estimate of drug-likeness (QED) is 0.905. The van der Waals surface area contributed by atoms with Crippen LogP contribution in [0.5, 0.6) is 0 Å². The van der Waals surface area contributed by atoms with E-state index in [1.165, 1.54) is 4.90 Å². The van der Waals surface area contributed by atoms with Crippen molar-refractivity contribution in [2.45, 2.75) is 19.4 Å². The van der Waals surface area contributed by atoms with Gasteiger partial charge in [0.1, 0.15) is 0 Å². The molecule has 0 spiro atoms. The number of nitrogens with zero attached hydrogens (tertiary/aromatic N) is 1. The lowest BCUT2D eigenvalue weighted by molar-refractivity contribution is -0.126. The third-order valence-corrected chi connectivity index (χ3v) is 4.35. The summed E-state index contributed by atoms with van der Waals surface area (Å²) in [5.41, 5.74) is 1.94. The standard InChI is InChI=1S/C14H18N2O3S/c1-11-3-5-12(6-4-11)7-8-20(18,19)15-13-9-14(17)16(2)10-13/h3-8,13,15H,9-10H2,1-2H3/b8-7+/t13-/m0/s1. The fourth-order valence-corrected chi connectivity index (χ4v) is 3.10. The molecule has 1 N–H and O–H groups in total. The number of carbonyl (C=O) groups is 1. The lowest BCUT2D eigenvalue weighted by Gasteiger charge is -2.10. The molecule has 20 heavy (non-hydrogen) atoms. The number of sulfonamides is 1. The molecular weight excluding hydrogens is 276 g/mol. The van der Waals surface area contributed by atoms with Gasteiger partial charge in [-0.2, -0.15) is 0 Å². The topological polar surface area (TPSA) is 66.5 Å². The lowest BCUT2D eigenvalue weighted by atomic mass is 10.2. The van der Waals surface area contributed by atoms with Gasteiger partial charge >= 0.3 is 0 Å². The average molecular weight is 294 g/mol. The number of rotatable bonds is 4. The Labute approximate surface area is 119 Å². The van der Waals surface area contributed by atoms with Crippen molar-refractivity contribution in [3.05, 3.63) is 40.8 Å². The summed E-state index contributed by atoms with van der Waals surface area (Å²) in [7, 11) is -1.86. The molecule has 1 amide bonds. The number of likely N-dealkylation sites (N-methyl/N-ethyl adjacent to an activating group) is 1. The highest BCUT2D eigenvalue weighted by Gasteiger charge is 2.29. The van der Waals surface area contributed by atoms with E-state index >= 15 is 0 Å². The summed E-state index contributed by atoms with van der Waals surface area (Å²) in [6.07, 6.45) is 1.76. The number of nitrogens with one attached hydrogen (secondary N) is 1. The van der Waals surface area contributed by atoms with Crippen LogP contribution >= 0.6 is 0 Å². The van der Waals surface area contributed by atoms with Crippen LogP contribution in [-0.2, 0) is 14.8 Å². The molecule has 1 atom stereocenters. The van der Waals surface area contributed by atoms with E-state index in [4.69, 9.17) is 0 Å². The van der Waals surface area contributed by atoms with Crippen LogP contribution in [0.3, 0.4) is 0 Å². The summed E-state index contributed by atoms with van der Waals surface area (Å²) >= 11 is 0. The minimum absolute atomic E-state index is 0.0415. The first-order valence-electron chi connectivity index (χ1n) is 6.37. The zero-order valence-electron chi connectivity index (χ0n) is 11.5. The second-order valence-corrected chi connectivity index (χ2v) is 6.65. The van der Waals surface area contributed by atoms with Gasteiger partial charge in [-0.1, -0.05) is 29.8 Å². The van der Waals surface area contributed by atoms with Crippen LogP contribution in [0.25, 0.3) is 6.08 Å². The van der Waals surface area contributed by atoms with E-state index in [9.17, 15) is 13.2 Å². The molecule has 6 heteroatoms. The normalized spacial score (nSPS) is 20.0. The van der Waals surface area contributed by atoms with Crippen LogP contribution in [-0.4, -0.2) is 38.9 Å². The van der Waals surface area contributed by atoms with E-state index in [0.29, 0.717) is 6.54 Å². The summed E-state index contributed by atoms with van der Waals surface area (Å²) in [6.45, 7) is 2.38. The SMILES string of the molecule is Cc1ccc(/C=C/S(=O)(=O)N[C@H]2CC(=O)N(C)C2)cc1. The molecule has 0 unspecified atom stereocenters. The van der Waals surface area contributed by atoms with Crippen molar-refractivity contribution in [2.75, 3.05) is 13.6 Å². The minimum Gasteiger partial charge on any atom is -0.344 e. The monoisotopic (exact) mass is 294 g/mol. The van der Waals surface area contributed by atoms with Gasteiger partial charge in [0, 0.05) is 31.5 Å². The zero-order valence-corrected chi connectivity index (χ0v) is 12.4. The largest absolute Gasteiger partial charge is 0.344 e. The first-order valence-corrected chi connectivity index (χ1v) is 7.91. The Morgan fingerprint density at radius 2 is 1.95 bits per heavy atom. The van der Waals surface area contributed by atoms with E-state index in [-0.39, 0.29) is 18.4 Å². The van der Waals surface area contributed by atoms with Crippen LogP contribution < -0.4 is 4.72 Å². The van der Waals surface area contributed by atoms with Gasteiger partial charge in [-0.05, 0) is 18.6 Å². The molecule has 0 aromatic heterocycles. The van der Waals surface area contributed by atoms with Crippen molar-refractivity contribution in [3.8, 4) is 0 Å². The van der Waals surface area contributed by atoms with Gasteiger partial charge in [0.05, 0.1) is 0 Å². The van der Waals surface area contributed by atoms with Crippen LogP contribution in [0.4, 0.5) is 0 Å². The van der Waals surface area contributed by atoms with Gasteiger partial charge in [-0.15, -0.1) is 0 Å². The summed E-state index contributed by atoms with van der Waals surface area (Å²) < 4.78 is 26.3. The second-order valence-electron chi connectivity index (χ2n) is 5.05. The number of carbonyl (C=O) groups excluding carboxylic acids is 1. The highest BCUT2D eigenvalue weighted by Crippen LogP contribution is 2.11. The Bertz CT molecular complexity index is 620. The van der Waals surface area contributed by atoms with Crippen molar-refractivity contribution in [1.29, 1.82) is 0 Å². The molecule has 1 aromatic carbocycles. The highest BCUT2D eigenvalue weighted by atomic mass is 32.2. The maximum atomic E-state index is 11.9. The van der Waals surface area contributed by atoms with Gasteiger partial charge in [-0.25, -0.2) is 13.1 Å². The first kappa shape index (κ1) is 14.7. The average Bonchev–Trinajstić information content (AvgIpc) is 2.67. The molecule has 1 aromatic rings. The van der Waals surface area contributed by atoms with E-state index in [1.54, 1.807) is 13.1 Å². The Balaban J connectivity index is 2.01. The maximum absolute atomic E-state index is 11.9. The molecule has 1 aliphatic heterocycles. The number of aryl methyl sites for hydroxylation is 1. The molecule has 108 valence electrons. The van der Waals surface area contributed by atoms with Crippen molar-refractivity contribution in [3.63, 3.8) is 0 Å². The fraction of sp³-hybridized carbons (Fsp3) is 0.357. The molecule has 2 rings (SSSR count). The first-order chi connectivity index (χ1) is 9.35. The number of benzene rings is 1. The smallest absolute Gasteiger partial charge is 0.234 e. The number of amides is 1. The predicted molar refractivity (Wildman–Crippen MR) is 78.3 cm³/mol. The molecule has 1 heterocycles. The molecule has 1 fully saturated rings. The second kappa shape index (κ2) is 5.76. The Hall–Kier alpha value is -1.66.